The van der Waals surface area contributed by atoms with Crippen molar-refractivity contribution in [2.75, 3.05) is 0 Å². The summed E-state index contributed by atoms with van der Waals surface area (Å²) in [5.41, 5.74) is 1.66. The number of hydrogen-bond donors (Lipinski definition) is 0. The topological polar surface area (TPSA) is 17.1 Å². The Bertz CT molecular complexity index is 465. The number of ketones is 1. The summed E-state index contributed by atoms with van der Waals surface area (Å²) in [6, 6.07) is 5.32. The molecular weight excluding hydrogens is 300 g/mol. The van der Waals surface area contributed by atoms with Gasteiger partial charge in [0.1, 0.15) is 0 Å². The third-order valence-corrected chi connectivity index (χ3v) is 3.90. The minimum Gasteiger partial charge on any atom is -0.289 e. The second-order valence-corrected chi connectivity index (χ2v) is 5.57. The fourth-order valence-corrected chi connectivity index (χ4v) is 2.93. The van der Waals surface area contributed by atoms with Crippen molar-refractivity contribution in [2.24, 2.45) is 0 Å². The van der Waals surface area contributed by atoms with E-state index in [1.54, 1.807) is 18.2 Å². The van der Waals surface area contributed by atoms with Gasteiger partial charge in [0.2, 0.25) is 0 Å². The maximum Gasteiger partial charge on any atom is 0.189 e. The lowest BCUT2D eigenvalue weighted by Gasteiger charge is -2.07. The first kappa shape index (κ1) is 12.8. The molecule has 0 unspecified atom stereocenters. The van der Waals surface area contributed by atoms with Crippen LogP contribution in [-0.4, -0.2) is 5.78 Å². The third kappa shape index (κ3) is 3.20. The van der Waals surface area contributed by atoms with Crippen molar-refractivity contribution in [3.8, 4) is 0 Å². The molecule has 90 valence electrons. The maximum absolute atomic E-state index is 12.3. The van der Waals surface area contributed by atoms with E-state index in [0.717, 1.165) is 29.3 Å². The van der Waals surface area contributed by atoms with Crippen LogP contribution in [0, 0.1) is 0 Å². The van der Waals surface area contributed by atoms with Crippen LogP contribution in [-0.2, 0) is 0 Å². The number of rotatable bonds is 2. The van der Waals surface area contributed by atoms with Crippen molar-refractivity contribution in [3.63, 3.8) is 0 Å². The Hall–Kier alpha value is -0.600. The minimum absolute atomic E-state index is 0.135. The first-order valence-corrected chi connectivity index (χ1v) is 7.04. The highest BCUT2D eigenvalue weighted by Gasteiger charge is 2.16. The number of hydrogen-bond acceptors (Lipinski definition) is 1. The van der Waals surface area contributed by atoms with Gasteiger partial charge in [-0.1, -0.05) is 24.1 Å². The number of Topliss-reactive ketones (excluding diaryl/α,β-unsaturated/α-hetero) is 1. The van der Waals surface area contributed by atoms with Crippen LogP contribution in [0.2, 0.25) is 5.02 Å². The van der Waals surface area contributed by atoms with E-state index in [4.69, 9.17) is 11.6 Å². The molecule has 0 amide bonds. The molecule has 0 fully saturated rings. The molecule has 1 aliphatic carbocycles. The standard InChI is InChI=1S/C14H14BrClO/c15-13-9-11(16)7-8-12(13)14(17)10-5-3-1-2-4-6-10/h5,7-9H,1-4,6H2. The van der Waals surface area contributed by atoms with Gasteiger partial charge in [0.15, 0.2) is 5.78 Å². The monoisotopic (exact) mass is 312 g/mol. The fraction of sp³-hybridized carbons (Fsp3) is 0.357. The van der Waals surface area contributed by atoms with E-state index in [0.29, 0.717) is 10.6 Å². The van der Waals surface area contributed by atoms with Crippen molar-refractivity contribution in [2.45, 2.75) is 32.1 Å². The quantitative estimate of drug-likeness (QED) is 0.688. The number of allylic oxidation sites excluding steroid dienone is 2. The molecular formula is C14H14BrClO. The number of halogens is 2. The van der Waals surface area contributed by atoms with Gasteiger partial charge in [-0.25, -0.2) is 0 Å². The van der Waals surface area contributed by atoms with Crippen LogP contribution in [0.25, 0.3) is 0 Å². The Morgan fingerprint density at radius 1 is 1.24 bits per heavy atom. The van der Waals surface area contributed by atoms with Crippen LogP contribution in [0.1, 0.15) is 42.5 Å². The number of benzene rings is 1. The Kier molecular flexibility index (Phi) is 4.41. The highest BCUT2D eigenvalue weighted by Crippen LogP contribution is 2.27. The van der Waals surface area contributed by atoms with Crippen LogP contribution in [0.4, 0.5) is 0 Å². The van der Waals surface area contributed by atoms with E-state index in [1.807, 2.05) is 0 Å². The van der Waals surface area contributed by atoms with Crippen LogP contribution >= 0.6 is 27.5 Å². The first-order valence-electron chi connectivity index (χ1n) is 5.87. The normalized spacial score (nSPS) is 16.2. The van der Waals surface area contributed by atoms with Gasteiger partial charge < -0.3 is 0 Å². The zero-order chi connectivity index (χ0) is 12.3. The molecule has 17 heavy (non-hydrogen) atoms. The first-order chi connectivity index (χ1) is 8.18. The summed E-state index contributed by atoms with van der Waals surface area (Å²) in [5, 5.41) is 0.642. The van der Waals surface area contributed by atoms with Crippen LogP contribution in [0.15, 0.2) is 34.3 Å². The summed E-state index contributed by atoms with van der Waals surface area (Å²) in [6.45, 7) is 0. The second-order valence-electron chi connectivity index (χ2n) is 4.28. The molecule has 0 radical (unpaired) electrons. The molecule has 1 aromatic rings. The molecule has 0 aliphatic heterocycles. The van der Waals surface area contributed by atoms with Crippen LogP contribution in [0.3, 0.4) is 0 Å². The summed E-state index contributed by atoms with van der Waals surface area (Å²) in [4.78, 5) is 12.3. The Labute approximate surface area is 115 Å². The van der Waals surface area contributed by atoms with Gasteiger partial charge in [-0.15, -0.1) is 0 Å². The van der Waals surface area contributed by atoms with E-state index in [9.17, 15) is 4.79 Å². The van der Waals surface area contributed by atoms with E-state index >= 15 is 0 Å². The summed E-state index contributed by atoms with van der Waals surface area (Å²) in [5.74, 6) is 0.135. The average Bonchev–Trinajstić information content (AvgIpc) is 2.56. The molecule has 3 heteroatoms. The molecule has 0 spiro atoms. The molecule has 1 aromatic carbocycles. The molecule has 0 saturated carbocycles. The van der Waals surface area contributed by atoms with Gasteiger partial charge in [-0.05, 0) is 65.4 Å². The zero-order valence-corrected chi connectivity index (χ0v) is 11.9. The Morgan fingerprint density at radius 2 is 2.06 bits per heavy atom. The van der Waals surface area contributed by atoms with E-state index in [-0.39, 0.29) is 5.78 Å². The van der Waals surface area contributed by atoms with E-state index < -0.39 is 0 Å². The predicted octanol–water partition coefficient (Wildman–Crippen LogP) is 5.18. The summed E-state index contributed by atoms with van der Waals surface area (Å²) >= 11 is 9.28. The van der Waals surface area contributed by atoms with Gasteiger partial charge in [-0.2, -0.15) is 0 Å². The van der Waals surface area contributed by atoms with Gasteiger partial charge >= 0.3 is 0 Å². The van der Waals surface area contributed by atoms with Crippen molar-refractivity contribution >= 4 is 33.3 Å². The fourth-order valence-electron chi connectivity index (χ4n) is 2.07. The smallest absolute Gasteiger partial charge is 0.189 e. The van der Waals surface area contributed by atoms with Crippen LogP contribution in [0.5, 0.6) is 0 Å². The lowest BCUT2D eigenvalue weighted by Crippen LogP contribution is -2.04. The molecule has 0 heterocycles. The summed E-state index contributed by atoms with van der Waals surface area (Å²) in [7, 11) is 0. The zero-order valence-electron chi connectivity index (χ0n) is 9.51. The Morgan fingerprint density at radius 3 is 2.82 bits per heavy atom. The van der Waals surface area contributed by atoms with E-state index in [1.165, 1.54) is 12.8 Å². The largest absolute Gasteiger partial charge is 0.289 e. The lowest BCUT2D eigenvalue weighted by atomic mass is 10.00. The number of carbonyl (C=O) groups is 1. The van der Waals surface area contributed by atoms with Gasteiger partial charge in [0, 0.05) is 15.1 Å². The molecule has 1 aliphatic rings. The minimum atomic E-state index is 0.135. The predicted molar refractivity (Wildman–Crippen MR) is 74.7 cm³/mol. The molecule has 0 N–H and O–H groups in total. The highest BCUT2D eigenvalue weighted by atomic mass is 79.9. The second kappa shape index (κ2) is 5.83. The SMILES string of the molecule is O=C(C1=CCCCCC1)c1ccc(Cl)cc1Br. The van der Waals surface area contributed by atoms with Crippen molar-refractivity contribution in [3.05, 3.63) is 44.9 Å². The molecule has 0 atom stereocenters. The molecule has 0 bridgehead atoms. The van der Waals surface area contributed by atoms with Crippen molar-refractivity contribution < 1.29 is 4.79 Å². The van der Waals surface area contributed by atoms with Crippen molar-refractivity contribution in [1.29, 1.82) is 0 Å². The van der Waals surface area contributed by atoms with Crippen LogP contribution < -0.4 is 0 Å². The van der Waals surface area contributed by atoms with Gasteiger partial charge in [0.25, 0.3) is 0 Å². The lowest BCUT2D eigenvalue weighted by molar-refractivity contribution is 0.102. The third-order valence-electron chi connectivity index (χ3n) is 3.01. The van der Waals surface area contributed by atoms with Gasteiger partial charge in [-0.3, -0.25) is 4.79 Å². The van der Waals surface area contributed by atoms with E-state index in [2.05, 4.69) is 22.0 Å². The maximum atomic E-state index is 12.3. The molecule has 1 nitrogen and oxygen atoms in total. The number of carbonyl (C=O) groups excluding carboxylic acids is 1. The molecule has 0 aromatic heterocycles. The summed E-state index contributed by atoms with van der Waals surface area (Å²) in [6.07, 6.45) is 7.53. The molecule has 0 saturated heterocycles. The van der Waals surface area contributed by atoms with Crippen molar-refractivity contribution in [1.82, 2.24) is 0 Å². The Balaban J connectivity index is 2.27. The average molecular weight is 314 g/mol. The molecule has 2 rings (SSSR count). The highest BCUT2D eigenvalue weighted by molar-refractivity contribution is 9.10. The summed E-state index contributed by atoms with van der Waals surface area (Å²) < 4.78 is 0.778. The van der Waals surface area contributed by atoms with Gasteiger partial charge in [0.05, 0.1) is 0 Å².